The molecule has 1 rings (SSSR count). The van der Waals surface area contributed by atoms with Gasteiger partial charge in [-0.05, 0) is 12.3 Å². The molecule has 1 aliphatic rings. The second-order valence-electron chi connectivity index (χ2n) is 4.92. The first-order valence-electron chi connectivity index (χ1n) is 4.87. The molecule has 0 aromatic rings. The molecule has 0 aliphatic carbocycles. The van der Waals surface area contributed by atoms with Gasteiger partial charge in [-0.25, -0.2) is 0 Å². The van der Waals surface area contributed by atoms with Crippen molar-refractivity contribution in [1.82, 2.24) is 10.2 Å². The van der Waals surface area contributed by atoms with Crippen molar-refractivity contribution >= 4 is 11.8 Å². The highest BCUT2D eigenvalue weighted by Gasteiger charge is 2.32. The molecule has 0 aromatic carbocycles. The molecular weight excluding hydrogens is 180 g/mol. The van der Waals surface area contributed by atoms with Gasteiger partial charge in [0.25, 0.3) is 0 Å². The van der Waals surface area contributed by atoms with Crippen LogP contribution in [-0.4, -0.2) is 35.8 Å². The van der Waals surface area contributed by atoms with Gasteiger partial charge in [-0.15, -0.1) is 0 Å². The van der Waals surface area contributed by atoms with Crippen molar-refractivity contribution in [2.45, 2.75) is 33.7 Å². The largest absolute Gasteiger partial charge is 0.294 e. The van der Waals surface area contributed by atoms with Gasteiger partial charge in [0.15, 0.2) is 0 Å². The van der Waals surface area contributed by atoms with Crippen LogP contribution in [0, 0.1) is 5.41 Å². The van der Waals surface area contributed by atoms with E-state index in [1.165, 1.54) is 0 Å². The molecule has 0 aromatic heterocycles. The smallest absolute Gasteiger partial charge is 0.240 e. The van der Waals surface area contributed by atoms with Gasteiger partial charge in [-0.2, -0.15) is 0 Å². The van der Waals surface area contributed by atoms with Crippen molar-refractivity contribution in [2.75, 3.05) is 13.1 Å². The Bertz CT molecular complexity index is 239. The molecule has 1 unspecified atom stereocenters. The van der Waals surface area contributed by atoms with Crippen LogP contribution in [0.5, 0.6) is 0 Å². The number of amides is 2. The zero-order valence-electron chi connectivity index (χ0n) is 9.26. The summed E-state index contributed by atoms with van der Waals surface area (Å²) in [4.78, 5) is 24.2. The summed E-state index contributed by atoms with van der Waals surface area (Å²) < 4.78 is 0. The summed E-state index contributed by atoms with van der Waals surface area (Å²) in [6.07, 6.45) is 0. The average molecular weight is 198 g/mol. The topological polar surface area (TPSA) is 49.4 Å². The molecular formula is C10H18N2O2. The van der Waals surface area contributed by atoms with Crippen LogP contribution in [0.3, 0.4) is 0 Å². The maximum Gasteiger partial charge on any atom is 0.240 e. The summed E-state index contributed by atoms with van der Waals surface area (Å²) in [7, 11) is 0. The zero-order valence-corrected chi connectivity index (χ0v) is 9.26. The van der Waals surface area contributed by atoms with Gasteiger partial charge in [-0.3, -0.25) is 19.8 Å². The Labute approximate surface area is 84.7 Å². The summed E-state index contributed by atoms with van der Waals surface area (Å²) in [6, 6.07) is 0.220. The van der Waals surface area contributed by atoms with Gasteiger partial charge in [-0.1, -0.05) is 20.8 Å². The molecule has 1 N–H and O–H groups in total. The molecule has 0 radical (unpaired) electrons. The lowest BCUT2D eigenvalue weighted by Crippen LogP contribution is -2.56. The average Bonchev–Trinajstić information content (AvgIpc) is 1.99. The number of piperazine rings is 1. The van der Waals surface area contributed by atoms with Crippen molar-refractivity contribution in [1.29, 1.82) is 0 Å². The van der Waals surface area contributed by atoms with Gasteiger partial charge < -0.3 is 0 Å². The summed E-state index contributed by atoms with van der Waals surface area (Å²) in [5.74, 6) is -0.394. The molecule has 1 saturated heterocycles. The van der Waals surface area contributed by atoms with Crippen molar-refractivity contribution < 1.29 is 9.59 Å². The third-order valence-electron chi connectivity index (χ3n) is 2.77. The first-order valence-corrected chi connectivity index (χ1v) is 4.87. The van der Waals surface area contributed by atoms with E-state index in [9.17, 15) is 9.59 Å². The number of hydrogen-bond donors (Lipinski definition) is 1. The summed E-state index contributed by atoms with van der Waals surface area (Å²) in [5.41, 5.74) is 0.0813. The van der Waals surface area contributed by atoms with Crippen LogP contribution >= 0.6 is 0 Å². The van der Waals surface area contributed by atoms with E-state index in [1.54, 1.807) is 0 Å². The monoisotopic (exact) mass is 198 g/mol. The van der Waals surface area contributed by atoms with E-state index in [0.29, 0.717) is 13.1 Å². The number of hydrogen-bond acceptors (Lipinski definition) is 3. The molecule has 1 aliphatic heterocycles. The van der Waals surface area contributed by atoms with Crippen molar-refractivity contribution in [3.05, 3.63) is 0 Å². The predicted molar refractivity (Wildman–Crippen MR) is 53.6 cm³/mol. The molecule has 0 spiro atoms. The number of imide groups is 1. The standard InChI is InChI=1S/C10H18N2O2/c1-7(10(2,3)4)12-5-8(13)11-9(14)6-12/h7H,5-6H2,1-4H3,(H,11,13,14). The normalized spacial score (nSPS) is 22.0. The predicted octanol–water partition coefficient (Wildman–Crippen LogP) is 0.379. The number of rotatable bonds is 1. The highest BCUT2D eigenvalue weighted by atomic mass is 16.2. The van der Waals surface area contributed by atoms with E-state index < -0.39 is 0 Å². The van der Waals surface area contributed by atoms with Gasteiger partial charge >= 0.3 is 0 Å². The minimum atomic E-state index is -0.197. The lowest BCUT2D eigenvalue weighted by molar-refractivity contribution is -0.137. The molecule has 0 saturated carbocycles. The van der Waals surface area contributed by atoms with E-state index in [4.69, 9.17) is 0 Å². The second kappa shape index (κ2) is 3.69. The van der Waals surface area contributed by atoms with Crippen LogP contribution in [0.4, 0.5) is 0 Å². The first kappa shape index (κ1) is 11.2. The van der Waals surface area contributed by atoms with E-state index in [0.717, 1.165) is 0 Å². The third-order valence-corrected chi connectivity index (χ3v) is 2.77. The van der Waals surface area contributed by atoms with Crippen LogP contribution in [0.25, 0.3) is 0 Å². The number of nitrogens with zero attached hydrogens (tertiary/aromatic N) is 1. The summed E-state index contributed by atoms with van der Waals surface area (Å²) >= 11 is 0. The van der Waals surface area contributed by atoms with Gasteiger partial charge in [0.1, 0.15) is 0 Å². The summed E-state index contributed by atoms with van der Waals surface area (Å²) in [6.45, 7) is 9.01. The quantitative estimate of drug-likeness (QED) is 0.620. The van der Waals surface area contributed by atoms with Crippen LogP contribution < -0.4 is 5.32 Å². The van der Waals surface area contributed by atoms with Crippen molar-refractivity contribution in [3.8, 4) is 0 Å². The lowest BCUT2D eigenvalue weighted by Gasteiger charge is -2.38. The Hall–Kier alpha value is -0.900. The SMILES string of the molecule is CC(N1CC(=O)NC(=O)C1)C(C)(C)C. The molecule has 1 atom stereocenters. The van der Waals surface area contributed by atoms with Gasteiger partial charge in [0.2, 0.25) is 11.8 Å². The van der Waals surface area contributed by atoms with Gasteiger partial charge in [0.05, 0.1) is 13.1 Å². The van der Waals surface area contributed by atoms with Crippen molar-refractivity contribution in [3.63, 3.8) is 0 Å². The van der Waals surface area contributed by atoms with Crippen LogP contribution in [0.15, 0.2) is 0 Å². The summed E-state index contributed by atoms with van der Waals surface area (Å²) in [5, 5.41) is 2.30. The highest BCUT2D eigenvalue weighted by Crippen LogP contribution is 2.24. The Morgan fingerprint density at radius 3 is 2.00 bits per heavy atom. The Kier molecular flexibility index (Phi) is 2.95. The fourth-order valence-electron chi connectivity index (χ4n) is 1.48. The molecule has 4 nitrogen and oxygen atoms in total. The third kappa shape index (κ3) is 2.54. The van der Waals surface area contributed by atoms with E-state index in [2.05, 4.69) is 26.1 Å². The molecule has 1 fully saturated rings. The molecule has 80 valence electrons. The van der Waals surface area contributed by atoms with Gasteiger partial charge in [0, 0.05) is 6.04 Å². The number of carbonyl (C=O) groups excluding carboxylic acids is 2. The number of carbonyl (C=O) groups is 2. The first-order chi connectivity index (χ1) is 6.30. The van der Waals surface area contributed by atoms with Crippen LogP contribution in [-0.2, 0) is 9.59 Å². The van der Waals surface area contributed by atoms with E-state index >= 15 is 0 Å². The number of nitrogens with one attached hydrogen (secondary N) is 1. The Balaban J connectivity index is 2.68. The van der Waals surface area contributed by atoms with Crippen LogP contribution in [0.1, 0.15) is 27.7 Å². The second-order valence-corrected chi connectivity index (χ2v) is 4.92. The highest BCUT2D eigenvalue weighted by molar-refractivity contribution is 5.99. The Morgan fingerprint density at radius 2 is 1.64 bits per heavy atom. The minimum Gasteiger partial charge on any atom is -0.294 e. The molecule has 2 amide bonds. The van der Waals surface area contributed by atoms with E-state index in [1.807, 2.05) is 11.8 Å². The zero-order chi connectivity index (χ0) is 10.9. The van der Waals surface area contributed by atoms with Crippen LogP contribution in [0.2, 0.25) is 0 Å². The molecule has 1 heterocycles. The molecule has 14 heavy (non-hydrogen) atoms. The Morgan fingerprint density at radius 1 is 1.21 bits per heavy atom. The van der Waals surface area contributed by atoms with Crippen molar-refractivity contribution in [2.24, 2.45) is 5.41 Å². The van der Waals surface area contributed by atoms with E-state index in [-0.39, 0.29) is 23.3 Å². The minimum absolute atomic E-state index is 0.0813. The lowest BCUT2D eigenvalue weighted by atomic mass is 9.86. The maximum atomic E-state index is 11.1. The maximum absolute atomic E-state index is 11.1. The fraction of sp³-hybridized carbons (Fsp3) is 0.800. The molecule has 0 bridgehead atoms. The molecule has 4 heteroatoms. The fourth-order valence-corrected chi connectivity index (χ4v) is 1.48.